The molecule has 0 aliphatic heterocycles. The molecule has 0 amide bonds. The molecule has 0 spiro atoms. The van der Waals surface area contributed by atoms with Gasteiger partial charge in [0.15, 0.2) is 0 Å². The van der Waals surface area contributed by atoms with Gasteiger partial charge in [0.1, 0.15) is 0 Å². The molecule has 1 aliphatic rings. The van der Waals surface area contributed by atoms with Gasteiger partial charge in [-0.25, -0.2) is 8.78 Å². The van der Waals surface area contributed by atoms with Gasteiger partial charge < -0.3 is 15.5 Å². The van der Waals surface area contributed by atoms with Gasteiger partial charge in [-0.2, -0.15) is 0 Å². The molecule has 0 radical (unpaired) electrons. The summed E-state index contributed by atoms with van der Waals surface area (Å²) in [7, 11) is 0. The lowest BCUT2D eigenvalue weighted by Crippen LogP contribution is -2.64. The molecule has 5 heteroatoms. The van der Waals surface area contributed by atoms with E-state index in [9.17, 15) is 13.9 Å². The number of halogens is 2. The van der Waals surface area contributed by atoms with Gasteiger partial charge in [0.25, 0.3) is 5.92 Å². The molecule has 0 aromatic heterocycles. The Morgan fingerprint density at radius 3 is 2.40 bits per heavy atom. The molecule has 0 aromatic carbocycles. The highest BCUT2D eigenvalue weighted by Crippen LogP contribution is 2.45. The molecule has 15 heavy (non-hydrogen) atoms. The zero-order chi connectivity index (χ0) is 11.5. The maximum atomic E-state index is 12.7. The molecule has 0 bridgehead atoms. The first kappa shape index (κ1) is 12.8. The van der Waals surface area contributed by atoms with Crippen LogP contribution in [0.1, 0.15) is 32.6 Å². The van der Waals surface area contributed by atoms with Gasteiger partial charge in [0.2, 0.25) is 0 Å². The fraction of sp³-hybridized carbons (Fsp3) is 1.00. The molecular formula is C10H19F2NO2. The Bertz CT molecular complexity index is 204. The van der Waals surface area contributed by atoms with Crippen LogP contribution < -0.4 is 5.32 Å². The molecular weight excluding hydrogens is 204 g/mol. The second-order valence-electron chi connectivity index (χ2n) is 4.47. The number of aliphatic hydroxyl groups excluding tert-OH is 2. The van der Waals surface area contributed by atoms with Gasteiger partial charge in [0.05, 0.1) is 18.2 Å². The highest BCUT2D eigenvalue weighted by atomic mass is 19.3. The Hall–Kier alpha value is -0.260. The SMILES string of the molecule is CCCC(O)CNC1(CO)CC(F)(F)C1. The van der Waals surface area contributed by atoms with Crippen molar-refractivity contribution in [3.8, 4) is 0 Å². The molecule has 1 saturated carbocycles. The van der Waals surface area contributed by atoms with Crippen molar-refractivity contribution in [1.82, 2.24) is 5.32 Å². The van der Waals surface area contributed by atoms with Crippen LogP contribution in [0, 0.1) is 0 Å². The van der Waals surface area contributed by atoms with Gasteiger partial charge in [0, 0.05) is 19.4 Å². The smallest absolute Gasteiger partial charge is 0.251 e. The van der Waals surface area contributed by atoms with Crippen LogP contribution in [-0.4, -0.2) is 40.9 Å². The molecule has 1 fully saturated rings. The molecule has 1 aliphatic carbocycles. The fourth-order valence-corrected chi connectivity index (χ4v) is 2.00. The lowest BCUT2D eigenvalue weighted by molar-refractivity contribution is -0.148. The summed E-state index contributed by atoms with van der Waals surface area (Å²) < 4.78 is 25.4. The highest BCUT2D eigenvalue weighted by molar-refractivity contribution is 5.05. The molecule has 90 valence electrons. The summed E-state index contributed by atoms with van der Waals surface area (Å²) in [5.41, 5.74) is -0.877. The van der Waals surface area contributed by atoms with Crippen molar-refractivity contribution in [2.24, 2.45) is 0 Å². The first-order valence-corrected chi connectivity index (χ1v) is 5.35. The topological polar surface area (TPSA) is 52.5 Å². The van der Waals surface area contributed by atoms with E-state index in [2.05, 4.69) is 5.32 Å². The van der Waals surface area contributed by atoms with E-state index in [4.69, 9.17) is 5.11 Å². The number of hydrogen-bond acceptors (Lipinski definition) is 3. The van der Waals surface area contributed by atoms with E-state index >= 15 is 0 Å². The van der Waals surface area contributed by atoms with Crippen molar-refractivity contribution in [2.45, 2.75) is 50.2 Å². The number of aliphatic hydroxyl groups is 2. The first-order valence-electron chi connectivity index (χ1n) is 5.35. The molecule has 0 saturated heterocycles. The first-order chi connectivity index (χ1) is 6.93. The van der Waals surface area contributed by atoms with Crippen molar-refractivity contribution >= 4 is 0 Å². The predicted molar refractivity (Wildman–Crippen MR) is 52.9 cm³/mol. The summed E-state index contributed by atoms with van der Waals surface area (Å²) in [4.78, 5) is 0. The third-order valence-electron chi connectivity index (χ3n) is 2.83. The number of rotatable bonds is 6. The van der Waals surface area contributed by atoms with E-state index in [-0.39, 0.29) is 26.0 Å². The lowest BCUT2D eigenvalue weighted by Gasteiger charge is -2.47. The number of hydrogen-bond donors (Lipinski definition) is 3. The highest BCUT2D eigenvalue weighted by Gasteiger charge is 2.56. The summed E-state index contributed by atoms with van der Waals surface area (Å²) in [5.74, 6) is -2.66. The van der Waals surface area contributed by atoms with E-state index in [0.29, 0.717) is 6.42 Å². The second-order valence-corrected chi connectivity index (χ2v) is 4.47. The van der Waals surface area contributed by atoms with Crippen molar-refractivity contribution in [2.75, 3.05) is 13.2 Å². The normalized spacial score (nSPS) is 24.6. The Balaban J connectivity index is 2.30. The fourth-order valence-electron chi connectivity index (χ4n) is 2.00. The van der Waals surface area contributed by atoms with Crippen LogP contribution in [-0.2, 0) is 0 Å². The minimum atomic E-state index is -2.66. The maximum absolute atomic E-state index is 12.7. The van der Waals surface area contributed by atoms with Crippen LogP contribution in [0.3, 0.4) is 0 Å². The summed E-state index contributed by atoms with van der Waals surface area (Å²) >= 11 is 0. The van der Waals surface area contributed by atoms with Gasteiger partial charge in [-0.15, -0.1) is 0 Å². The third kappa shape index (κ3) is 3.36. The van der Waals surface area contributed by atoms with Crippen molar-refractivity contribution in [1.29, 1.82) is 0 Å². The molecule has 3 N–H and O–H groups in total. The third-order valence-corrected chi connectivity index (χ3v) is 2.83. The number of nitrogens with one attached hydrogen (secondary N) is 1. The van der Waals surface area contributed by atoms with Crippen LogP contribution in [0.25, 0.3) is 0 Å². The minimum absolute atomic E-state index is 0.268. The molecule has 1 unspecified atom stereocenters. The predicted octanol–water partition coefficient (Wildman–Crippen LogP) is 0.897. The average molecular weight is 223 g/mol. The van der Waals surface area contributed by atoms with Gasteiger partial charge >= 0.3 is 0 Å². The van der Waals surface area contributed by atoms with E-state index in [1.807, 2.05) is 6.92 Å². The van der Waals surface area contributed by atoms with E-state index in [1.165, 1.54) is 0 Å². The number of β-amino-alcohol motifs (C(OH)–C–C–N with tert-alkyl or cyclic N) is 1. The van der Waals surface area contributed by atoms with Crippen molar-refractivity contribution in [3.05, 3.63) is 0 Å². The summed E-state index contributed by atoms with van der Waals surface area (Å²) in [6.07, 6.45) is 0.299. The van der Waals surface area contributed by atoms with Gasteiger partial charge in [-0.3, -0.25) is 0 Å². The lowest BCUT2D eigenvalue weighted by atomic mass is 9.74. The van der Waals surface area contributed by atoms with E-state index in [0.717, 1.165) is 6.42 Å². The molecule has 0 aromatic rings. The van der Waals surface area contributed by atoms with E-state index < -0.39 is 17.6 Å². The summed E-state index contributed by atoms with van der Waals surface area (Å²) in [6.45, 7) is 1.91. The summed E-state index contributed by atoms with van der Waals surface area (Å²) in [6, 6.07) is 0. The Kier molecular flexibility index (Phi) is 4.03. The van der Waals surface area contributed by atoms with E-state index in [1.54, 1.807) is 0 Å². The maximum Gasteiger partial charge on any atom is 0.251 e. The van der Waals surface area contributed by atoms with Crippen LogP contribution in [0.4, 0.5) is 8.78 Å². The quantitative estimate of drug-likeness (QED) is 0.627. The Morgan fingerprint density at radius 1 is 1.40 bits per heavy atom. The Morgan fingerprint density at radius 2 is 2.00 bits per heavy atom. The molecule has 1 atom stereocenters. The Labute approximate surface area is 88.5 Å². The zero-order valence-corrected chi connectivity index (χ0v) is 8.97. The monoisotopic (exact) mass is 223 g/mol. The van der Waals surface area contributed by atoms with Gasteiger partial charge in [-0.1, -0.05) is 13.3 Å². The number of alkyl halides is 2. The molecule has 1 rings (SSSR count). The van der Waals surface area contributed by atoms with Crippen molar-refractivity contribution in [3.63, 3.8) is 0 Å². The van der Waals surface area contributed by atoms with Crippen LogP contribution in [0.2, 0.25) is 0 Å². The van der Waals surface area contributed by atoms with Crippen molar-refractivity contribution < 1.29 is 19.0 Å². The van der Waals surface area contributed by atoms with Crippen LogP contribution in [0.5, 0.6) is 0 Å². The second kappa shape index (κ2) is 4.72. The van der Waals surface area contributed by atoms with Crippen LogP contribution >= 0.6 is 0 Å². The largest absolute Gasteiger partial charge is 0.394 e. The minimum Gasteiger partial charge on any atom is -0.394 e. The van der Waals surface area contributed by atoms with Gasteiger partial charge in [-0.05, 0) is 6.42 Å². The summed E-state index contributed by atoms with van der Waals surface area (Å²) in [5, 5.41) is 21.3. The average Bonchev–Trinajstić information content (AvgIpc) is 2.11. The molecule has 3 nitrogen and oxygen atoms in total. The standard InChI is InChI=1S/C10H19F2NO2/c1-2-3-8(15)4-13-9(7-14)5-10(11,12)6-9/h8,13-15H,2-7H2,1H3. The zero-order valence-electron chi connectivity index (χ0n) is 8.97. The van der Waals surface area contributed by atoms with Crippen LogP contribution in [0.15, 0.2) is 0 Å². The molecule has 0 heterocycles.